The van der Waals surface area contributed by atoms with Crippen molar-refractivity contribution in [2.45, 2.75) is 6.92 Å². The molecule has 0 aliphatic rings. The van der Waals surface area contributed by atoms with Crippen LogP contribution in [0.1, 0.15) is 36.6 Å². The van der Waals surface area contributed by atoms with Gasteiger partial charge in [0.2, 0.25) is 0 Å². The van der Waals surface area contributed by atoms with E-state index in [9.17, 15) is 14.4 Å². The Kier molecular flexibility index (Phi) is 5.81. The standard InChI is InChI=1S/C22H19N3O3/c1-15-7-5-6-10-19(15)22(28)23-18-13-11-17(12-14-18)21(27)25-24-20(26)16-8-3-2-4-9-16/h2-14H,1H3,(H,23,28)(H,24,26)(H,25,27). The summed E-state index contributed by atoms with van der Waals surface area (Å²) < 4.78 is 0. The summed E-state index contributed by atoms with van der Waals surface area (Å²) in [7, 11) is 0. The summed E-state index contributed by atoms with van der Waals surface area (Å²) in [4.78, 5) is 36.4. The average molecular weight is 373 g/mol. The van der Waals surface area contributed by atoms with E-state index >= 15 is 0 Å². The van der Waals surface area contributed by atoms with Gasteiger partial charge in [0.05, 0.1) is 0 Å². The highest BCUT2D eigenvalue weighted by Gasteiger charge is 2.11. The molecule has 0 aromatic heterocycles. The molecule has 3 rings (SSSR count). The van der Waals surface area contributed by atoms with E-state index in [1.54, 1.807) is 66.7 Å². The first-order valence-electron chi connectivity index (χ1n) is 8.67. The number of benzene rings is 3. The number of amides is 3. The van der Waals surface area contributed by atoms with Gasteiger partial charge in [-0.3, -0.25) is 25.2 Å². The summed E-state index contributed by atoms with van der Waals surface area (Å²) in [6, 6.07) is 22.3. The Hall–Kier alpha value is -3.93. The Morgan fingerprint density at radius 2 is 1.14 bits per heavy atom. The molecule has 0 heterocycles. The van der Waals surface area contributed by atoms with Gasteiger partial charge in [0.15, 0.2) is 0 Å². The molecular weight excluding hydrogens is 354 g/mol. The minimum atomic E-state index is -0.457. The summed E-state index contributed by atoms with van der Waals surface area (Å²) in [5.41, 5.74) is 7.56. The number of hydrogen-bond donors (Lipinski definition) is 3. The lowest BCUT2D eigenvalue weighted by Gasteiger charge is -2.09. The van der Waals surface area contributed by atoms with Crippen molar-refractivity contribution in [3.05, 3.63) is 101 Å². The van der Waals surface area contributed by atoms with Crippen molar-refractivity contribution in [2.75, 3.05) is 5.32 Å². The van der Waals surface area contributed by atoms with Crippen molar-refractivity contribution in [3.63, 3.8) is 0 Å². The maximum atomic E-state index is 12.3. The number of hydrazine groups is 1. The smallest absolute Gasteiger partial charge is 0.269 e. The Labute approximate surface area is 162 Å². The zero-order valence-corrected chi connectivity index (χ0v) is 15.2. The molecule has 3 N–H and O–H groups in total. The lowest BCUT2D eigenvalue weighted by molar-refractivity contribution is 0.0846. The van der Waals surface area contributed by atoms with Gasteiger partial charge in [-0.05, 0) is 55.0 Å². The van der Waals surface area contributed by atoms with Gasteiger partial charge in [0, 0.05) is 22.4 Å². The number of hydrogen-bond acceptors (Lipinski definition) is 3. The van der Waals surface area contributed by atoms with Gasteiger partial charge in [-0.25, -0.2) is 0 Å². The van der Waals surface area contributed by atoms with Crippen LogP contribution >= 0.6 is 0 Å². The quantitative estimate of drug-likeness (QED) is 0.613. The molecule has 0 spiro atoms. The normalized spacial score (nSPS) is 10.0. The van der Waals surface area contributed by atoms with E-state index in [1.165, 1.54) is 0 Å². The largest absolute Gasteiger partial charge is 0.322 e. The summed E-state index contributed by atoms with van der Waals surface area (Å²) in [5, 5.41) is 2.80. The Morgan fingerprint density at radius 1 is 0.607 bits per heavy atom. The van der Waals surface area contributed by atoms with Crippen molar-refractivity contribution in [2.24, 2.45) is 0 Å². The van der Waals surface area contributed by atoms with Crippen LogP contribution in [0.5, 0.6) is 0 Å². The number of rotatable bonds is 4. The maximum Gasteiger partial charge on any atom is 0.269 e. The van der Waals surface area contributed by atoms with Gasteiger partial charge in [-0.2, -0.15) is 0 Å². The lowest BCUT2D eigenvalue weighted by Crippen LogP contribution is -2.41. The number of aryl methyl sites for hydroxylation is 1. The molecular formula is C22H19N3O3. The third-order valence-corrected chi connectivity index (χ3v) is 4.12. The summed E-state index contributed by atoms with van der Waals surface area (Å²) >= 11 is 0. The number of carbonyl (C=O) groups excluding carboxylic acids is 3. The lowest BCUT2D eigenvalue weighted by atomic mass is 10.1. The Bertz CT molecular complexity index is 999. The fourth-order valence-electron chi connectivity index (χ4n) is 2.58. The first-order valence-corrected chi connectivity index (χ1v) is 8.67. The molecule has 0 fully saturated rings. The first kappa shape index (κ1) is 18.8. The highest BCUT2D eigenvalue weighted by atomic mass is 16.2. The van der Waals surface area contributed by atoms with E-state index in [4.69, 9.17) is 0 Å². The van der Waals surface area contributed by atoms with Crippen LogP contribution in [-0.4, -0.2) is 17.7 Å². The van der Waals surface area contributed by atoms with E-state index in [-0.39, 0.29) is 5.91 Å². The van der Waals surface area contributed by atoms with Crippen LogP contribution in [-0.2, 0) is 0 Å². The summed E-state index contributed by atoms with van der Waals surface area (Å²) in [5.74, 6) is -1.08. The zero-order valence-electron chi connectivity index (χ0n) is 15.2. The molecule has 28 heavy (non-hydrogen) atoms. The molecule has 6 heteroatoms. The maximum absolute atomic E-state index is 12.3. The summed E-state index contributed by atoms with van der Waals surface area (Å²) in [6.07, 6.45) is 0. The Morgan fingerprint density at radius 3 is 1.75 bits per heavy atom. The fraction of sp³-hybridized carbons (Fsp3) is 0.0455. The fourth-order valence-corrected chi connectivity index (χ4v) is 2.58. The van der Waals surface area contributed by atoms with Crippen molar-refractivity contribution >= 4 is 23.4 Å². The van der Waals surface area contributed by atoms with Gasteiger partial charge in [-0.1, -0.05) is 36.4 Å². The molecule has 3 amide bonds. The monoisotopic (exact) mass is 373 g/mol. The molecule has 0 bridgehead atoms. The molecule has 0 atom stereocenters. The second-order valence-corrected chi connectivity index (χ2v) is 6.12. The van der Waals surface area contributed by atoms with Gasteiger partial charge in [0.25, 0.3) is 17.7 Å². The van der Waals surface area contributed by atoms with Gasteiger partial charge < -0.3 is 5.32 Å². The highest BCUT2D eigenvalue weighted by molar-refractivity contribution is 6.05. The van der Waals surface area contributed by atoms with Gasteiger partial charge in [-0.15, -0.1) is 0 Å². The number of anilines is 1. The van der Waals surface area contributed by atoms with E-state index in [2.05, 4.69) is 16.2 Å². The van der Waals surface area contributed by atoms with E-state index in [0.717, 1.165) is 5.56 Å². The molecule has 0 aliphatic heterocycles. The van der Waals surface area contributed by atoms with Crippen LogP contribution < -0.4 is 16.2 Å². The molecule has 0 saturated carbocycles. The van der Waals surface area contributed by atoms with E-state index < -0.39 is 11.8 Å². The molecule has 0 radical (unpaired) electrons. The highest BCUT2D eigenvalue weighted by Crippen LogP contribution is 2.13. The SMILES string of the molecule is Cc1ccccc1C(=O)Nc1ccc(C(=O)NNC(=O)c2ccccc2)cc1. The van der Waals surface area contributed by atoms with Crippen LogP contribution in [0.15, 0.2) is 78.9 Å². The molecule has 3 aromatic carbocycles. The molecule has 0 unspecified atom stereocenters. The topological polar surface area (TPSA) is 87.3 Å². The van der Waals surface area contributed by atoms with Crippen LogP contribution in [0.2, 0.25) is 0 Å². The number of carbonyl (C=O) groups is 3. The van der Waals surface area contributed by atoms with Crippen molar-refractivity contribution < 1.29 is 14.4 Å². The van der Waals surface area contributed by atoms with Crippen molar-refractivity contribution in [1.29, 1.82) is 0 Å². The molecule has 0 saturated heterocycles. The number of nitrogens with one attached hydrogen (secondary N) is 3. The van der Waals surface area contributed by atoms with Crippen molar-refractivity contribution in [3.8, 4) is 0 Å². The van der Waals surface area contributed by atoms with Gasteiger partial charge >= 0.3 is 0 Å². The third kappa shape index (κ3) is 4.62. The second-order valence-electron chi connectivity index (χ2n) is 6.12. The van der Waals surface area contributed by atoms with Crippen LogP contribution in [0.25, 0.3) is 0 Å². The van der Waals surface area contributed by atoms with Crippen LogP contribution in [0.3, 0.4) is 0 Å². The molecule has 140 valence electrons. The minimum Gasteiger partial charge on any atom is -0.322 e. The van der Waals surface area contributed by atoms with Crippen LogP contribution in [0.4, 0.5) is 5.69 Å². The van der Waals surface area contributed by atoms with Gasteiger partial charge in [0.1, 0.15) is 0 Å². The zero-order chi connectivity index (χ0) is 19.9. The predicted molar refractivity (Wildman–Crippen MR) is 107 cm³/mol. The van der Waals surface area contributed by atoms with Crippen molar-refractivity contribution in [1.82, 2.24) is 10.9 Å². The third-order valence-electron chi connectivity index (χ3n) is 4.12. The average Bonchev–Trinajstić information content (AvgIpc) is 2.73. The van der Waals surface area contributed by atoms with Crippen LogP contribution in [0, 0.1) is 6.92 Å². The second kappa shape index (κ2) is 8.64. The Balaban J connectivity index is 1.58. The van der Waals surface area contributed by atoms with E-state index in [0.29, 0.717) is 22.4 Å². The van der Waals surface area contributed by atoms with E-state index in [1.807, 2.05) is 19.1 Å². The molecule has 3 aromatic rings. The summed E-state index contributed by atoms with van der Waals surface area (Å²) in [6.45, 7) is 1.87. The minimum absolute atomic E-state index is 0.217. The molecule has 6 nitrogen and oxygen atoms in total. The predicted octanol–water partition coefficient (Wildman–Crippen LogP) is 3.32. The first-order chi connectivity index (χ1) is 13.5. The molecule has 0 aliphatic carbocycles.